The second-order valence-electron chi connectivity index (χ2n) is 10.2. The first-order chi connectivity index (χ1) is 18.7. The number of rotatable bonds is 10. The van der Waals surface area contributed by atoms with Crippen molar-refractivity contribution in [2.45, 2.75) is 50.7 Å². The van der Waals surface area contributed by atoms with Crippen LogP contribution in [-0.4, -0.2) is 48.2 Å². The monoisotopic (exact) mass is 570 g/mol. The van der Waals surface area contributed by atoms with Crippen molar-refractivity contribution < 1.29 is 27.3 Å². The molecule has 2 amide bonds. The Hall–Kier alpha value is -4.32. The number of amides is 2. The minimum atomic E-state index is -4.30. The van der Waals surface area contributed by atoms with Gasteiger partial charge in [-0.25, -0.2) is 12.8 Å². The zero-order valence-corrected chi connectivity index (χ0v) is 23.4. The number of halogens is 1. The standard InChI is InChI=1S/C28H31FN4O6S/c1-20(27(35)30-28(2,3)4)31(18-21-10-12-22(29)13-11-21)26(34)19-32(23-14-16-24(17-15-23)33(36)37)40(38,39)25-8-6-5-7-9-25/h5-17,20H,18-19H2,1-4H3,(H,30,35)/t20-/m1/s1. The van der Waals surface area contributed by atoms with Gasteiger partial charge in [-0.15, -0.1) is 0 Å². The summed E-state index contributed by atoms with van der Waals surface area (Å²) in [6, 6.07) is 16.6. The van der Waals surface area contributed by atoms with Crippen molar-refractivity contribution in [1.82, 2.24) is 10.2 Å². The first-order valence-electron chi connectivity index (χ1n) is 12.4. The van der Waals surface area contributed by atoms with Crippen molar-refractivity contribution in [2.75, 3.05) is 10.8 Å². The molecular weight excluding hydrogens is 539 g/mol. The van der Waals surface area contributed by atoms with E-state index in [9.17, 15) is 32.5 Å². The summed E-state index contributed by atoms with van der Waals surface area (Å²) in [4.78, 5) is 38.5. The average Bonchev–Trinajstić information content (AvgIpc) is 2.90. The first kappa shape index (κ1) is 30.2. The number of non-ortho nitro benzene ring substituents is 1. The Labute approximate surface area is 232 Å². The van der Waals surface area contributed by atoms with Crippen LogP contribution in [0.15, 0.2) is 83.8 Å². The van der Waals surface area contributed by atoms with Crippen LogP contribution < -0.4 is 9.62 Å². The highest BCUT2D eigenvalue weighted by Gasteiger charge is 2.33. The maximum absolute atomic E-state index is 13.8. The van der Waals surface area contributed by atoms with E-state index in [1.54, 1.807) is 26.8 Å². The molecule has 212 valence electrons. The van der Waals surface area contributed by atoms with E-state index >= 15 is 0 Å². The van der Waals surface area contributed by atoms with Crippen molar-refractivity contribution in [3.8, 4) is 0 Å². The number of nitrogens with zero attached hydrogens (tertiary/aromatic N) is 3. The third kappa shape index (κ3) is 7.63. The molecule has 1 atom stereocenters. The summed E-state index contributed by atoms with van der Waals surface area (Å²) in [5, 5.41) is 14.0. The Bertz CT molecular complexity index is 1460. The molecule has 0 heterocycles. The molecule has 0 aliphatic rings. The normalized spacial score (nSPS) is 12.3. The Morgan fingerprint density at radius 2 is 1.55 bits per heavy atom. The van der Waals surface area contributed by atoms with Gasteiger partial charge in [-0.1, -0.05) is 30.3 Å². The van der Waals surface area contributed by atoms with E-state index in [1.165, 1.54) is 72.5 Å². The Kier molecular flexibility index (Phi) is 9.25. The number of hydrogen-bond acceptors (Lipinski definition) is 6. The largest absolute Gasteiger partial charge is 0.350 e. The predicted molar refractivity (Wildman–Crippen MR) is 148 cm³/mol. The van der Waals surface area contributed by atoms with Crippen molar-refractivity contribution in [2.24, 2.45) is 0 Å². The van der Waals surface area contributed by atoms with Crippen LogP contribution in [0.1, 0.15) is 33.3 Å². The summed E-state index contributed by atoms with van der Waals surface area (Å²) >= 11 is 0. The second kappa shape index (κ2) is 12.2. The van der Waals surface area contributed by atoms with Crippen molar-refractivity contribution >= 4 is 33.2 Å². The smallest absolute Gasteiger partial charge is 0.269 e. The van der Waals surface area contributed by atoms with Gasteiger partial charge in [0.25, 0.3) is 15.7 Å². The number of carbonyl (C=O) groups is 2. The molecular formula is C28H31FN4O6S. The van der Waals surface area contributed by atoms with Gasteiger partial charge in [0, 0.05) is 24.2 Å². The number of nitro groups is 1. The molecule has 0 radical (unpaired) electrons. The molecule has 3 aromatic rings. The molecule has 0 fully saturated rings. The van der Waals surface area contributed by atoms with Crippen molar-refractivity contribution in [1.29, 1.82) is 0 Å². The number of carbonyl (C=O) groups excluding carboxylic acids is 2. The number of hydrogen-bond donors (Lipinski definition) is 1. The Balaban J connectivity index is 2.04. The maximum Gasteiger partial charge on any atom is 0.269 e. The van der Waals surface area contributed by atoms with Gasteiger partial charge in [0.2, 0.25) is 11.8 Å². The first-order valence-corrected chi connectivity index (χ1v) is 13.8. The molecule has 0 bridgehead atoms. The van der Waals surface area contributed by atoms with Gasteiger partial charge < -0.3 is 10.2 Å². The summed E-state index contributed by atoms with van der Waals surface area (Å²) in [7, 11) is -4.30. The van der Waals surface area contributed by atoms with Crippen LogP contribution >= 0.6 is 0 Å². The highest BCUT2D eigenvalue weighted by molar-refractivity contribution is 7.92. The van der Waals surface area contributed by atoms with Crippen LogP contribution in [-0.2, 0) is 26.2 Å². The fourth-order valence-corrected chi connectivity index (χ4v) is 5.27. The lowest BCUT2D eigenvalue weighted by molar-refractivity contribution is -0.384. The average molecular weight is 571 g/mol. The predicted octanol–water partition coefficient (Wildman–Crippen LogP) is 4.26. The van der Waals surface area contributed by atoms with Crippen molar-refractivity contribution in [3.05, 3.63) is 100 Å². The number of benzene rings is 3. The summed E-state index contributed by atoms with van der Waals surface area (Å²) < 4.78 is 41.8. The van der Waals surface area contributed by atoms with E-state index < -0.39 is 50.7 Å². The van der Waals surface area contributed by atoms with Gasteiger partial charge in [-0.05, 0) is 69.7 Å². The minimum absolute atomic E-state index is 0.0244. The summed E-state index contributed by atoms with van der Waals surface area (Å²) in [5.74, 6) is -1.65. The molecule has 12 heteroatoms. The molecule has 0 spiro atoms. The number of anilines is 1. The second-order valence-corrected chi connectivity index (χ2v) is 12.0. The van der Waals surface area contributed by atoms with Gasteiger partial charge in [-0.2, -0.15) is 0 Å². The molecule has 10 nitrogen and oxygen atoms in total. The number of sulfonamides is 1. The summed E-state index contributed by atoms with van der Waals surface area (Å²) in [5.41, 5.74) is -0.302. The van der Waals surface area contributed by atoms with Gasteiger partial charge in [0.1, 0.15) is 18.4 Å². The van der Waals surface area contributed by atoms with Gasteiger partial charge in [0.15, 0.2) is 0 Å². The number of nitrogens with one attached hydrogen (secondary N) is 1. The zero-order chi connectivity index (χ0) is 29.7. The lowest BCUT2D eigenvalue weighted by Gasteiger charge is -2.33. The molecule has 0 saturated heterocycles. The van der Waals surface area contributed by atoms with Gasteiger partial charge >= 0.3 is 0 Å². The van der Waals surface area contributed by atoms with E-state index in [-0.39, 0.29) is 22.8 Å². The highest BCUT2D eigenvalue weighted by atomic mass is 32.2. The molecule has 0 saturated carbocycles. The van der Waals surface area contributed by atoms with E-state index in [0.717, 1.165) is 16.4 Å². The fourth-order valence-electron chi connectivity index (χ4n) is 3.83. The molecule has 3 rings (SSSR count). The quantitative estimate of drug-likeness (QED) is 0.286. The maximum atomic E-state index is 13.8. The number of nitro benzene ring substituents is 1. The van der Waals surface area contributed by atoms with E-state index in [4.69, 9.17) is 0 Å². The molecule has 1 N–H and O–H groups in total. The van der Waals surface area contributed by atoms with Crippen molar-refractivity contribution in [3.63, 3.8) is 0 Å². The fraction of sp³-hybridized carbons (Fsp3) is 0.286. The molecule has 40 heavy (non-hydrogen) atoms. The van der Waals surface area contributed by atoms with Gasteiger partial charge in [-0.3, -0.25) is 24.0 Å². The van der Waals surface area contributed by atoms with Crippen LogP contribution in [0.5, 0.6) is 0 Å². The Morgan fingerprint density at radius 1 is 0.975 bits per heavy atom. The molecule has 0 aliphatic carbocycles. The molecule has 0 aromatic heterocycles. The third-order valence-corrected chi connectivity index (χ3v) is 7.68. The summed E-state index contributed by atoms with van der Waals surface area (Å²) in [6.45, 7) is 6.07. The van der Waals surface area contributed by atoms with Crippen LogP contribution in [0, 0.1) is 15.9 Å². The van der Waals surface area contributed by atoms with E-state index in [1.807, 2.05) is 0 Å². The van der Waals surface area contributed by atoms with Crippen LogP contribution in [0.3, 0.4) is 0 Å². The lowest BCUT2D eigenvalue weighted by Crippen LogP contribution is -2.54. The minimum Gasteiger partial charge on any atom is -0.350 e. The van der Waals surface area contributed by atoms with Crippen LogP contribution in [0.4, 0.5) is 15.8 Å². The molecule has 0 aliphatic heterocycles. The van der Waals surface area contributed by atoms with E-state index in [2.05, 4.69) is 5.32 Å². The van der Waals surface area contributed by atoms with Crippen LogP contribution in [0.25, 0.3) is 0 Å². The Morgan fingerprint density at radius 3 is 2.08 bits per heavy atom. The highest BCUT2D eigenvalue weighted by Crippen LogP contribution is 2.26. The van der Waals surface area contributed by atoms with Crippen LogP contribution in [0.2, 0.25) is 0 Å². The van der Waals surface area contributed by atoms with E-state index in [0.29, 0.717) is 5.56 Å². The zero-order valence-electron chi connectivity index (χ0n) is 22.6. The topological polar surface area (TPSA) is 130 Å². The van der Waals surface area contributed by atoms with Gasteiger partial charge in [0.05, 0.1) is 15.5 Å². The summed E-state index contributed by atoms with van der Waals surface area (Å²) in [6.07, 6.45) is 0. The lowest BCUT2D eigenvalue weighted by atomic mass is 10.1. The molecule has 3 aromatic carbocycles. The molecule has 0 unspecified atom stereocenters. The third-order valence-electron chi connectivity index (χ3n) is 5.89. The SMILES string of the molecule is C[C@H](C(=O)NC(C)(C)C)N(Cc1ccc(F)cc1)C(=O)CN(c1ccc([N+](=O)[O-])cc1)S(=O)(=O)c1ccccc1.